The quantitative estimate of drug-likeness (QED) is 0.345. The number of nitrogens with zero attached hydrogens (tertiary/aromatic N) is 1. The van der Waals surface area contributed by atoms with Gasteiger partial charge in [-0.3, -0.25) is 9.32 Å². The van der Waals surface area contributed by atoms with Gasteiger partial charge in [0, 0.05) is 18.3 Å². The topological polar surface area (TPSA) is 132 Å². The first-order valence-corrected chi connectivity index (χ1v) is 12.0. The molecule has 1 aliphatic heterocycles. The molecule has 1 aromatic heterocycles. The lowest BCUT2D eigenvalue weighted by Gasteiger charge is -2.24. The van der Waals surface area contributed by atoms with Crippen molar-refractivity contribution >= 4 is 35.3 Å². The van der Waals surface area contributed by atoms with Gasteiger partial charge >= 0.3 is 13.4 Å². The fourth-order valence-corrected chi connectivity index (χ4v) is 5.39. The standard InChI is InChI=1S/C18H22BrClN3O7P/c1-11(2)22-31(27,30-12-6-4-3-5-7-12)28-10-13-15(25)18(19,20)16(29-13)23-14(24)8-9-21-17(23)26/h3-9,11,13,15-16,25H,10H2,1-2H3,(H,21,26)(H,22,27)/t13-,15-,16-,18+,31?/m1/s1. The number of benzene rings is 1. The minimum Gasteiger partial charge on any atom is -0.413 e. The van der Waals surface area contributed by atoms with Crippen molar-refractivity contribution in [1.29, 1.82) is 0 Å². The number of hydrogen-bond donors (Lipinski definition) is 3. The molecule has 170 valence electrons. The molecule has 2 heterocycles. The zero-order valence-electron chi connectivity index (χ0n) is 16.6. The molecule has 0 amide bonds. The number of alkyl halides is 2. The van der Waals surface area contributed by atoms with E-state index in [1.807, 2.05) is 0 Å². The highest BCUT2D eigenvalue weighted by molar-refractivity contribution is 9.10. The van der Waals surface area contributed by atoms with Crippen LogP contribution in [0.15, 0.2) is 52.2 Å². The Morgan fingerprint density at radius 1 is 1.35 bits per heavy atom. The Morgan fingerprint density at radius 3 is 2.65 bits per heavy atom. The Morgan fingerprint density at radius 2 is 2.03 bits per heavy atom. The molecule has 1 saturated heterocycles. The smallest absolute Gasteiger partial charge is 0.413 e. The van der Waals surface area contributed by atoms with Gasteiger partial charge in [0.25, 0.3) is 5.56 Å². The average molecular weight is 539 g/mol. The molecule has 1 fully saturated rings. The van der Waals surface area contributed by atoms with Crippen LogP contribution in [-0.2, 0) is 13.8 Å². The normalized spacial score (nSPS) is 27.9. The van der Waals surface area contributed by atoms with E-state index in [1.54, 1.807) is 44.2 Å². The third kappa shape index (κ3) is 5.48. The van der Waals surface area contributed by atoms with E-state index >= 15 is 0 Å². The second-order valence-corrected chi connectivity index (χ2v) is 11.2. The van der Waals surface area contributed by atoms with E-state index in [1.165, 1.54) is 6.20 Å². The summed E-state index contributed by atoms with van der Waals surface area (Å²) in [5.74, 6) is 0.319. The summed E-state index contributed by atoms with van der Waals surface area (Å²) < 4.78 is 29.0. The highest BCUT2D eigenvalue weighted by Gasteiger charge is 2.56. The van der Waals surface area contributed by atoms with Crippen LogP contribution in [0.4, 0.5) is 0 Å². The summed E-state index contributed by atoms with van der Waals surface area (Å²) in [5.41, 5.74) is -1.44. The number of aliphatic hydroxyl groups excluding tert-OH is 1. The Kier molecular flexibility index (Phi) is 7.47. The van der Waals surface area contributed by atoms with Gasteiger partial charge in [0.05, 0.1) is 6.61 Å². The fraction of sp³-hybridized carbons (Fsp3) is 0.444. The van der Waals surface area contributed by atoms with Gasteiger partial charge in [0.15, 0.2) is 10.0 Å². The zero-order valence-corrected chi connectivity index (χ0v) is 19.8. The molecular formula is C18H22BrClN3O7P. The molecule has 0 aliphatic carbocycles. The largest absolute Gasteiger partial charge is 0.459 e. The molecule has 1 unspecified atom stereocenters. The number of ether oxygens (including phenoxy) is 1. The number of aliphatic hydroxyl groups is 1. The summed E-state index contributed by atoms with van der Waals surface area (Å²) in [6.45, 7) is 3.12. The van der Waals surface area contributed by atoms with Crippen LogP contribution in [0.25, 0.3) is 0 Å². The van der Waals surface area contributed by atoms with E-state index in [4.69, 9.17) is 25.4 Å². The SMILES string of the molecule is CC(C)NP(=O)(OC[C@H]1O[C@@H](n2c(=O)cc[nH]c2=O)[C@](Cl)(Br)[C@@H]1O)Oc1ccccc1. The molecule has 10 nitrogen and oxygen atoms in total. The number of nitrogens with one attached hydrogen (secondary N) is 2. The van der Waals surface area contributed by atoms with Crippen molar-refractivity contribution in [3.05, 3.63) is 63.4 Å². The highest BCUT2D eigenvalue weighted by Crippen LogP contribution is 2.50. The molecule has 3 rings (SSSR count). The molecule has 2 aromatic rings. The van der Waals surface area contributed by atoms with Crippen molar-refractivity contribution in [2.24, 2.45) is 0 Å². The van der Waals surface area contributed by atoms with Crippen LogP contribution >= 0.6 is 35.3 Å². The van der Waals surface area contributed by atoms with E-state index in [2.05, 4.69) is 26.0 Å². The van der Waals surface area contributed by atoms with Gasteiger partial charge in [-0.1, -0.05) is 45.7 Å². The third-order valence-electron chi connectivity index (χ3n) is 4.30. The molecule has 0 radical (unpaired) electrons. The monoisotopic (exact) mass is 537 g/mol. The van der Waals surface area contributed by atoms with Crippen molar-refractivity contribution in [3.63, 3.8) is 0 Å². The van der Waals surface area contributed by atoms with Crippen molar-refractivity contribution in [1.82, 2.24) is 14.6 Å². The van der Waals surface area contributed by atoms with Crippen LogP contribution in [-0.4, -0.2) is 43.3 Å². The Bertz CT molecular complexity index is 1030. The maximum atomic E-state index is 13.2. The van der Waals surface area contributed by atoms with Crippen molar-refractivity contribution in [2.45, 2.75) is 42.1 Å². The Balaban J connectivity index is 1.80. The molecule has 0 saturated carbocycles. The van der Waals surface area contributed by atoms with Crippen LogP contribution in [0.2, 0.25) is 0 Å². The van der Waals surface area contributed by atoms with Gasteiger partial charge in [0.1, 0.15) is 18.0 Å². The molecule has 31 heavy (non-hydrogen) atoms. The summed E-state index contributed by atoms with van der Waals surface area (Å²) in [4.78, 5) is 26.6. The second-order valence-electron chi connectivity index (χ2n) is 7.12. The average Bonchev–Trinajstić information content (AvgIpc) is 2.90. The number of H-pyrrole nitrogens is 1. The van der Waals surface area contributed by atoms with Gasteiger partial charge < -0.3 is 19.4 Å². The van der Waals surface area contributed by atoms with Gasteiger partial charge in [-0.05, 0) is 26.0 Å². The predicted molar refractivity (Wildman–Crippen MR) is 118 cm³/mol. The van der Waals surface area contributed by atoms with E-state index in [0.29, 0.717) is 5.75 Å². The second kappa shape index (κ2) is 9.58. The number of hydrogen-bond acceptors (Lipinski definition) is 7. The van der Waals surface area contributed by atoms with Crippen LogP contribution in [0.5, 0.6) is 5.75 Å². The lowest BCUT2D eigenvalue weighted by molar-refractivity contribution is -0.0437. The molecule has 0 spiro atoms. The summed E-state index contributed by atoms with van der Waals surface area (Å²) >= 11 is 9.52. The van der Waals surface area contributed by atoms with Crippen LogP contribution < -0.4 is 20.9 Å². The molecule has 1 aliphatic rings. The highest BCUT2D eigenvalue weighted by atomic mass is 79.9. The van der Waals surface area contributed by atoms with E-state index in [9.17, 15) is 19.3 Å². The molecular weight excluding hydrogens is 517 g/mol. The third-order valence-corrected chi connectivity index (χ3v) is 7.34. The lowest BCUT2D eigenvalue weighted by Crippen LogP contribution is -2.44. The fourth-order valence-electron chi connectivity index (χ4n) is 2.94. The van der Waals surface area contributed by atoms with Gasteiger partial charge in [-0.15, -0.1) is 0 Å². The molecule has 3 N–H and O–H groups in total. The lowest BCUT2D eigenvalue weighted by atomic mass is 10.2. The Labute approximate surface area is 191 Å². The molecule has 0 bridgehead atoms. The molecule has 5 atom stereocenters. The van der Waals surface area contributed by atoms with Gasteiger partial charge in [-0.25, -0.2) is 19.0 Å². The summed E-state index contributed by atoms with van der Waals surface area (Å²) in [7, 11) is -3.86. The van der Waals surface area contributed by atoms with E-state index in [0.717, 1.165) is 10.6 Å². The number of halogens is 2. The van der Waals surface area contributed by atoms with Crippen molar-refractivity contribution < 1.29 is 23.5 Å². The number of rotatable bonds is 8. The number of aromatic nitrogens is 2. The van der Waals surface area contributed by atoms with Crippen LogP contribution in [0, 0.1) is 0 Å². The molecule has 1 aromatic carbocycles. The molecule has 13 heteroatoms. The number of para-hydroxylation sites is 1. The zero-order chi connectivity index (χ0) is 22.8. The van der Waals surface area contributed by atoms with Gasteiger partial charge in [-0.2, -0.15) is 0 Å². The van der Waals surface area contributed by atoms with Gasteiger partial charge in [0.2, 0.25) is 0 Å². The van der Waals surface area contributed by atoms with Crippen molar-refractivity contribution in [3.8, 4) is 5.75 Å². The van der Waals surface area contributed by atoms with E-state index < -0.39 is 47.8 Å². The maximum absolute atomic E-state index is 13.2. The minimum atomic E-state index is -3.86. The maximum Gasteiger partial charge on any atom is 0.459 e. The van der Waals surface area contributed by atoms with Crippen LogP contribution in [0.3, 0.4) is 0 Å². The summed E-state index contributed by atoms with van der Waals surface area (Å²) in [5, 5.41) is 13.4. The number of aromatic amines is 1. The Hall–Kier alpha value is -1.46. The first-order chi connectivity index (χ1) is 14.5. The van der Waals surface area contributed by atoms with E-state index in [-0.39, 0.29) is 6.04 Å². The minimum absolute atomic E-state index is 0.249. The van der Waals surface area contributed by atoms with Crippen molar-refractivity contribution in [2.75, 3.05) is 6.61 Å². The van der Waals surface area contributed by atoms with Crippen LogP contribution in [0.1, 0.15) is 20.1 Å². The summed E-state index contributed by atoms with van der Waals surface area (Å²) in [6, 6.07) is 9.31. The first-order valence-electron chi connectivity index (χ1n) is 9.32. The predicted octanol–water partition coefficient (Wildman–Crippen LogP) is 2.33. The first kappa shape index (κ1) is 24.2. The summed E-state index contributed by atoms with van der Waals surface area (Å²) in [6.07, 6.45) is -2.72.